The molecule has 3 N–H and O–H groups in total. The number of thiophene rings is 1. The molecule has 9 heteroatoms. The predicted molar refractivity (Wildman–Crippen MR) is 112 cm³/mol. The number of halogens is 2. The molecule has 28 heavy (non-hydrogen) atoms. The Morgan fingerprint density at radius 1 is 1.36 bits per heavy atom. The summed E-state index contributed by atoms with van der Waals surface area (Å²) in [6.45, 7) is 4.74. The van der Waals surface area contributed by atoms with Crippen molar-refractivity contribution in [2.75, 3.05) is 17.6 Å². The monoisotopic (exact) mass is 434 g/mol. The number of nitrogens with zero attached hydrogens (tertiary/aromatic N) is 2. The number of aromatic nitrogens is 1. The van der Waals surface area contributed by atoms with Crippen molar-refractivity contribution in [3.8, 4) is 17.3 Å². The van der Waals surface area contributed by atoms with E-state index < -0.39 is 5.78 Å². The normalized spacial score (nSPS) is 10.9. The van der Waals surface area contributed by atoms with Gasteiger partial charge in [-0.3, -0.25) is 4.79 Å². The van der Waals surface area contributed by atoms with Crippen molar-refractivity contribution in [1.29, 1.82) is 5.26 Å². The summed E-state index contributed by atoms with van der Waals surface area (Å²) < 4.78 is 5.21. The second-order valence-corrected chi connectivity index (χ2v) is 8.30. The van der Waals surface area contributed by atoms with E-state index in [1.165, 1.54) is 6.07 Å². The number of nitrogens with two attached hydrogens (primary N) is 1. The molecule has 0 unspecified atom stereocenters. The highest BCUT2D eigenvalue weighted by molar-refractivity contribution is 7.19. The molecule has 6 nitrogen and oxygen atoms in total. The molecule has 0 aliphatic rings. The summed E-state index contributed by atoms with van der Waals surface area (Å²) in [5.74, 6) is -0.0404. The van der Waals surface area contributed by atoms with Crippen LogP contribution in [0.5, 0.6) is 0 Å². The maximum atomic E-state index is 12.9. The Balaban J connectivity index is 1.91. The number of hydrogen-bond donors (Lipinski definition) is 2. The quantitative estimate of drug-likeness (QED) is 0.498. The number of hydrogen-bond acceptors (Lipinski definition) is 7. The van der Waals surface area contributed by atoms with Gasteiger partial charge >= 0.3 is 0 Å². The zero-order valence-corrected chi connectivity index (χ0v) is 17.4. The number of carbonyl (C=O) groups is 1. The van der Waals surface area contributed by atoms with Crippen LogP contribution < -0.4 is 11.1 Å². The van der Waals surface area contributed by atoms with Gasteiger partial charge in [-0.2, -0.15) is 5.26 Å². The van der Waals surface area contributed by atoms with Gasteiger partial charge in [0.25, 0.3) is 0 Å². The molecule has 0 saturated heterocycles. The molecule has 0 spiro atoms. The molecular weight excluding hydrogens is 419 g/mol. The third-order valence-electron chi connectivity index (χ3n) is 3.88. The van der Waals surface area contributed by atoms with Crippen molar-refractivity contribution >= 4 is 51.0 Å². The zero-order valence-electron chi connectivity index (χ0n) is 15.0. The molecule has 0 aliphatic carbocycles. The Morgan fingerprint density at radius 2 is 2.11 bits per heavy atom. The van der Waals surface area contributed by atoms with Crippen molar-refractivity contribution in [1.82, 2.24) is 5.16 Å². The highest BCUT2D eigenvalue weighted by atomic mass is 35.5. The summed E-state index contributed by atoms with van der Waals surface area (Å²) in [4.78, 5) is 13.1. The standard InChI is InChI=1S/C19H16Cl2N4O2S/c1-9(2)8-24-19-11(7-22)16(23)18(28-19)17(26)15-6-14(25-27-15)10-3-4-12(20)13(21)5-10/h3-6,9,24H,8,23H2,1-2H3. The number of carbonyl (C=O) groups excluding carboxylic acids is 1. The first-order chi connectivity index (χ1) is 13.3. The fourth-order valence-corrected chi connectivity index (χ4v) is 3.75. The first-order valence-corrected chi connectivity index (χ1v) is 9.92. The summed E-state index contributed by atoms with van der Waals surface area (Å²) in [7, 11) is 0. The Morgan fingerprint density at radius 3 is 2.75 bits per heavy atom. The van der Waals surface area contributed by atoms with Crippen LogP contribution in [0.25, 0.3) is 11.3 Å². The third-order valence-corrected chi connectivity index (χ3v) is 5.78. The van der Waals surface area contributed by atoms with Gasteiger partial charge in [0.1, 0.15) is 27.2 Å². The Bertz CT molecular complexity index is 1080. The van der Waals surface area contributed by atoms with Gasteiger partial charge in [0.2, 0.25) is 11.5 Å². The van der Waals surface area contributed by atoms with Crippen LogP contribution in [0.3, 0.4) is 0 Å². The van der Waals surface area contributed by atoms with E-state index in [1.807, 2.05) is 13.8 Å². The summed E-state index contributed by atoms with van der Waals surface area (Å²) >= 11 is 13.1. The summed E-state index contributed by atoms with van der Waals surface area (Å²) in [5, 5.41) is 17.9. The van der Waals surface area contributed by atoms with Crippen LogP contribution in [-0.2, 0) is 0 Å². The minimum atomic E-state index is -0.435. The largest absolute Gasteiger partial charge is 0.396 e. The molecule has 0 fully saturated rings. The van der Waals surface area contributed by atoms with Gasteiger partial charge in [0.15, 0.2) is 0 Å². The lowest BCUT2D eigenvalue weighted by Crippen LogP contribution is -2.07. The van der Waals surface area contributed by atoms with E-state index in [-0.39, 0.29) is 21.9 Å². The van der Waals surface area contributed by atoms with Gasteiger partial charge in [-0.05, 0) is 18.1 Å². The molecular formula is C19H16Cl2N4O2S. The Hall–Kier alpha value is -2.53. The molecule has 0 amide bonds. The maximum absolute atomic E-state index is 12.9. The van der Waals surface area contributed by atoms with Crippen molar-refractivity contribution < 1.29 is 9.32 Å². The topological polar surface area (TPSA) is 105 Å². The van der Waals surface area contributed by atoms with Crippen molar-refractivity contribution in [2.24, 2.45) is 5.92 Å². The minimum absolute atomic E-state index is 0.0221. The van der Waals surface area contributed by atoms with Crippen molar-refractivity contribution in [3.05, 3.63) is 50.5 Å². The fourth-order valence-electron chi connectivity index (χ4n) is 2.43. The van der Waals surface area contributed by atoms with Gasteiger partial charge in [-0.25, -0.2) is 0 Å². The molecule has 2 aromatic heterocycles. The van der Waals surface area contributed by atoms with Gasteiger partial charge < -0.3 is 15.6 Å². The molecule has 0 aliphatic heterocycles. The molecule has 3 rings (SSSR count). The van der Waals surface area contributed by atoms with E-state index in [1.54, 1.807) is 18.2 Å². The van der Waals surface area contributed by atoms with E-state index >= 15 is 0 Å². The second kappa shape index (κ2) is 8.23. The SMILES string of the molecule is CC(C)CNc1sc(C(=O)c2cc(-c3ccc(Cl)c(Cl)c3)no2)c(N)c1C#N. The zero-order chi connectivity index (χ0) is 20.4. The number of nitrogens with one attached hydrogen (secondary N) is 1. The average Bonchev–Trinajstić information content (AvgIpc) is 3.26. The number of ketones is 1. The molecule has 0 radical (unpaired) electrons. The van der Waals surface area contributed by atoms with E-state index in [4.69, 9.17) is 33.5 Å². The van der Waals surface area contributed by atoms with E-state index in [2.05, 4.69) is 16.5 Å². The van der Waals surface area contributed by atoms with Gasteiger partial charge in [-0.15, -0.1) is 11.3 Å². The van der Waals surface area contributed by atoms with Gasteiger partial charge in [0.05, 0.1) is 15.7 Å². The highest BCUT2D eigenvalue weighted by Gasteiger charge is 2.25. The fraction of sp³-hybridized carbons (Fsp3) is 0.211. The molecule has 0 bridgehead atoms. The van der Waals surface area contributed by atoms with E-state index in [0.29, 0.717) is 38.8 Å². The predicted octanol–water partition coefficient (Wildman–Crippen LogP) is 5.46. The Labute approximate surface area is 175 Å². The molecule has 0 saturated carbocycles. The highest BCUT2D eigenvalue weighted by Crippen LogP contribution is 2.37. The minimum Gasteiger partial charge on any atom is -0.396 e. The van der Waals surface area contributed by atoms with Crippen molar-refractivity contribution in [2.45, 2.75) is 13.8 Å². The lowest BCUT2D eigenvalue weighted by molar-refractivity contribution is 0.100. The van der Waals surface area contributed by atoms with Gasteiger partial charge in [-0.1, -0.05) is 48.3 Å². The average molecular weight is 435 g/mol. The first-order valence-electron chi connectivity index (χ1n) is 8.34. The molecule has 144 valence electrons. The first kappa shape index (κ1) is 20.2. The van der Waals surface area contributed by atoms with Crippen molar-refractivity contribution in [3.63, 3.8) is 0 Å². The van der Waals surface area contributed by atoms with Crippen LogP contribution in [0.1, 0.15) is 34.8 Å². The van der Waals surface area contributed by atoms with Crippen LogP contribution in [0, 0.1) is 17.2 Å². The molecule has 1 aromatic carbocycles. The summed E-state index contributed by atoms with van der Waals surface area (Å²) in [5.41, 5.74) is 7.55. The number of rotatable bonds is 6. The lowest BCUT2D eigenvalue weighted by atomic mass is 10.1. The second-order valence-electron chi connectivity index (χ2n) is 6.47. The van der Waals surface area contributed by atoms with E-state index in [0.717, 1.165) is 11.3 Å². The van der Waals surface area contributed by atoms with Crippen LogP contribution in [0.4, 0.5) is 10.7 Å². The third kappa shape index (κ3) is 3.99. The lowest BCUT2D eigenvalue weighted by Gasteiger charge is -2.06. The Kier molecular flexibility index (Phi) is 5.94. The summed E-state index contributed by atoms with van der Waals surface area (Å²) in [6, 6.07) is 8.56. The van der Waals surface area contributed by atoms with Crippen LogP contribution in [0.15, 0.2) is 28.8 Å². The smallest absolute Gasteiger partial charge is 0.243 e. The molecule has 0 atom stereocenters. The van der Waals surface area contributed by atoms with Crippen LogP contribution in [-0.4, -0.2) is 17.5 Å². The van der Waals surface area contributed by atoms with Crippen LogP contribution in [0.2, 0.25) is 10.0 Å². The summed E-state index contributed by atoms with van der Waals surface area (Å²) in [6.07, 6.45) is 0. The number of nitriles is 1. The van der Waals surface area contributed by atoms with E-state index in [9.17, 15) is 10.1 Å². The number of anilines is 2. The number of benzene rings is 1. The molecule has 2 heterocycles. The van der Waals surface area contributed by atoms with Gasteiger partial charge in [0, 0.05) is 18.2 Å². The number of nitrogen functional groups attached to an aromatic ring is 1. The molecule has 3 aromatic rings. The van der Waals surface area contributed by atoms with Crippen LogP contribution >= 0.6 is 34.5 Å². The maximum Gasteiger partial charge on any atom is 0.243 e.